The third kappa shape index (κ3) is 3.55. The number of nitrogens with one attached hydrogen (secondary N) is 2. The molecule has 6 nitrogen and oxygen atoms in total. The van der Waals surface area contributed by atoms with Gasteiger partial charge in [0.25, 0.3) is 0 Å². The predicted molar refractivity (Wildman–Crippen MR) is 79.9 cm³/mol. The van der Waals surface area contributed by atoms with Gasteiger partial charge >= 0.3 is 6.03 Å². The molecule has 1 aromatic carbocycles. The topological polar surface area (TPSA) is 86.6 Å². The number of thiazole rings is 1. The lowest BCUT2D eigenvalue weighted by molar-refractivity contribution is 0.262. The Hall–Kier alpha value is -2.41. The molecular formula is C13H14N4O2S. The molecule has 2 aromatic rings. The number of carbonyl (C=O) groups excluding carboxylic acids is 1. The molecule has 1 aromatic heterocycles. The van der Waals surface area contributed by atoms with Gasteiger partial charge < -0.3 is 10.5 Å². The third-order valence-electron chi connectivity index (χ3n) is 2.55. The number of anilines is 2. The van der Waals surface area contributed by atoms with Gasteiger partial charge in [0.05, 0.1) is 0 Å². The SMILES string of the molecule is CC(=NO)c1csc(NC(=O)Nc2ccc(C)cc2)n1. The van der Waals surface area contributed by atoms with Crippen LogP contribution in [-0.4, -0.2) is 21.9 Å². The molecule has 0 saturated carbocycles. The monoisotopic (exact) mass is 290 g/mol. The van der Waals surface area contributed by atoms with Gasteiger partial charge in [0.15, 0.2) is 5.13 Å². The van der Waals surface area contributed by atoms with E-state index in [9.17, 15) is 4.79 Å². The molecule has 0 bridgehead atoms. The molecule has 0 aliphatic heterocycles. The van der Waals surface area contributed by atoms with Gasteiger partial charge in [-0.25, -0.2) is 9.78 Å². The van der Waals surface area contributed by atoms with Crippen LogP contribution in [0.15, 0.2) is 34.8 Å². The number of hydrogen-bond donors (Lipinski definition) is 3. The Morgan fingerprint density at radius 1 is 1.30 bits per heavy atom. The van der Waals surface area contributed by atoms with E-state index in [1.165, 1.54) is 11.3 Å². The molecule has 2 rings (SSSR count). The van der Waals surface area contributed by atoms with Gasteiger partial charge in [-0.15, -0.1) is 11.3 Å². The van der Waals surface area contributed by atoms with E-state index in [0.29, 0.717) is 22.2 Å². The Labute approximate surface area is 120 Å². The van der Waals surface area contributed by atoms with Gasteiger partial charge in [-0.1, -0.05) is 22.9 Å². The number of benzene rings is 1. The van der Waals surface area contributed by atoms with Crippen LogP contribution < -0.4 is 10.6 Å². The quantitative estimate of drug-likeness (QED) is 0.460. The van der Waals surface area contributed by atoms with Crippen molar-refractivity contribution in [3.05, 3.63) is 40.9 Å². The molecule has 0 aliphatic carbocycles. The van der Waals surface area contributed by atoms with Gasteiger partial charge in [-0.3, -0.25) is 5.32 Å². The Kier molecular flexibility index (Phi) is 4.31. The summed E-state index contributed by atoms with van der Waals surface area (Å²) < 4.78 is 0. The normalized spacial score (nSPS) is 11.2. The second kappa shape index (κ2) is 6.16. The van der Waals surface area contributed by atoms with E-state index < -0.39 is 0 Å². The van der Waals surface area contributed by atoms with Crippen molar-refractivity contribution >= 4 is 33.9 Å². The van der Waals surface area contributed by atoms with Crippen LogP contribution in [0, 0.1) is 6.92 Å². The van der Waals surface area contributed by atoms with Crippen LogP contribution in [0.1, 0.15) is 18.2 Å². The minimum absolute atomic E-state index is 0.367. The van der Waals surface area contributed by atoms with Crippen molar-refractivity contribution in [1.29, 1.82) is 0 Å². The van der Waals surface area contributed by atoms with Crippen LogP contribution in [0.2, 0.25) is 0 Å². The second-order valence-corrected chi connectivity index (χ2v) is 5.03. The fourth-order valence-electron chi connectivity index (χ4n) is 1.44. The van der Waals surface area contributed by atoms with E-state index in [1.54, 1.807) is 12.3 Å². The van der Waals surface area contributed by atoms with Crippen molar-refractivity contribution in [2.24, 2.45) is 5.16 Å². The summed E-state index contributed by atoms with van der Waals surface area (Å²) >= 11 is 1.26. The minimum atomic E-state index is -0.367. The summed E-state index contributed by atoms with van der Waals surface area (Å²) in [4.78, 5) is 15.9. The number of rotatable bonds is 3. The fraction of sp³-hybridized carbons (Fsp3) is 0.154. The number of nitrogens with zero attached hydrogens (tertiary/aromatic N) is 2. The lowest BCUT2D eigenvalue weighted by Gasteiger charge is -2.05. The molecule has 3 N–H and O–H groups in total. The fourth-order valence-corrected chi connectivity index (χ4v) is 2.19. The highest BCUT2D eigenvalue weighted by molar-refractivity contribution is 7.14. The van der Waals surface area contributed by atoms with E-state index in [1.807, 2.05) is 31.2 Å². The van der Waals surface area contributed by atoms with Crippen LogP contribution in [-0.2, 0) is 0 Å². The minimum Gasteiger partial charge on any atom is -0.411 e. The molecule has 0 spiro atoms. The summed E-state index contributed by atoms with van der Waals surface area (Å²) in [5.41, 5.74) is 2.76. The Morgan fingerprint density at radius 2 is 2.00 bits per heavy atom. The first-order valence-electron chi connectivity index (χ1n) is 5.87. The molecule has 0 aliphatic rings. The molecule has 0 radical (unpaired) electrons. The Morgan fingerprint density at radius 3 is 2.65 bits per heavy atom. The molecule has 2 amide bonds. The van der Waals surface area contributed by atoms with E-state index in [4.69, 9.17) is 5.21 Å². The molecule has 1 heterocycles. The van der Waals surface area contributed by atoms with Gasteiger partial charge in [0.2, 0.25) is 0 Å². The molecule has 0 fully saturated rings. The number of urea groups is 1. The van der Waals surface area contributed by atoms with Crippen LogP contribution in [0.5, 0.6) is 0 Å². The molecule has 20 heavy (non-hydrogen) atoms. The number of carbonyl (C=O) groups is 1. The molecule has 0 atom stereocenters. The van der Waals surface area contributed by atoms with Crippen molar-refractivity contribution in [3.8, 4) is 0 Å². The standard InChI is InChI=1S/C13H14N4O2S/c1-8-3-5-10(6-4-8)14-12(18)16-13-15-11(7-20-13)9(2)17-19/h3-7,19H,1-2H3,(H2,14,15,16,18). The second-order valence-electron chi connectivity index (χ2n) is 4.17. The Balaban J connectivity index is 1.98. The molecular weight excluding hydrogens is 276 g/mol. The number of aryl methyl sites for hydroxylation is 1. The Bertz CT molecular complexity index is 634. The third-order valence-corrected chi connectivity index (χ3v) is 3.31. The van der Waals surface area contributed by atoms with Gasteiger partial charge in [0.1, 0.15) is 11.4 Å². The first-order chi connectivity index (χ1) is 9.58. The first kappa shape index (κ1) is 14.0. The summed E-state index contributed by atoms with van der Waals surface area (Å²) in [7, 11) is 0. The maximum absolute atomic E-state index is 11.8. The smallest absolute Gasteiger partial charge is 0.325 e. The summed E-state index contributed by atoms with van der Waals surface area (Å²) in [5.74, 6) is 0. The van der Waals surface area contributed by atoms with E-state index >= 15 is 0 Å². The highest BCUT2D eigenvalue weighted by Gasteiger charge is 2.08. The summed E-state index contributed by atoms with van der Waals surface area (Å²) in [6, 6.07) is 7.11. The number of oxime groups is 1. The molecule has 0 saturated heterocycles. The van der Waals surface area contributed by atoms with Crippen LogP contribution in [0.3, 0.4) is 0 Å². The zero-order chi connectivity index (χ0) is 14.5. The van der Waals surface area contributed by atoms with E-state index in [0.717, 1.165) is 5.56 Å². The molecule has 0 unspecified atom stereocenters. The number of amides is 2. The van der Waals surface area contributed by atoms with Gasteiger partial charge in [-0.05, 0) is 26.0 Å². The van der Waals surface area contributed by atoms with Crippen molar-refractivity contribution in [3.63, 3.8) is 0 Å². The molecule has 104 valence electrons. The number of hydrogen-bond acceptors (Lipinski definition) is 5. The predicted octanol–water partition coefficient (Wildman–Crippen LogP) is 3.29. The highest BCUT2D eigenvalue weighted by Crippen LogP contribution is 2.16. The van der Waals surface area contributed by atoms with Crippen molar-refractivity contribution in [2.45, 2.75) is 13.8 Å². The van der Waals surface area contributed by atoms with Crippen molar-refractivity contribution in [2.75, 3.05) is 10.6 Å². The van der Waals surface area contributed by atoms with Crippen LogP contribution in [0.25, 0.3) is 0 Å². The van der Waals surface area contributed by atoms with E-state index in [2.05, 4.69) is 20.8 Å². The zero-order valence-electron chi connectivity index (χ0n) is 11.0. The van der Waals surface area contributed by atoms with E-state index in [-0.39, 0.29) is 6.03 Å². The highest BCUT2D eigenvalue weighted by atomic mass is 32.1. The van der Waals surface area contributed by atoms with Crippen LogP contribution in [0.4, 0.5) is 15.6 Å². The average molecular weight is 290 g/mol. The van der Waals surface area contributed by atoms with Crippen LogP contribution >= 0.6 is 11.3 Å². The summed E-state index contributed by atoms with van der Waals surface area (Å²) in [6.45, 7) is 3.61. The number of aromatic nitrogens is 1. The zero-order valence-corrected chi connectivity index (χ0v) is 11.9. The first-order valence-corrected chi connectivity index (χ1v) is 6.75. The maximum atomic E-state index is 11.8. The van der Waals surface area contributed by atoms with Crippen molar-refractivity contribution in [1.82, 2.24) is 4.98 Å². The summed E-state index contributed by atoms with van der Waals surface area (Å²) in [5, 5.41) is 19.2. The van der Waals surface area contributed by atoms with Crippen molar-refractivity contribution < 1.29 is 10.0 Å². The summed E-state index contributed by atoms with van der Waals surface area (Å²) in [6.07, 6.45) is 0. The largest absolute Gasteiger partial charge is 0.411 e. The van der Waals surface area contributed by atoms with Gasteiger partial charge in [0, 0.05) is 11.1 Å². The molecule has 7 heteroatoms. The lowest BCUT2D eigenvalue weighted by Crippen LogP contribution is -2.19. The average Bonchev–Trinajstić information content (AvgIpc) is 2.89. The lowest BCUT2D eigenvalue weighted by atomic mass is 10.2. The maximum Gasteiger partial charge on any atom is 0.325 e. The van der Waals surface area contributed by atoms with Gasteiger partial charge in [-0.2, -0.15) is 0 Å².